The van der Waals surface area contributed by atoms with Gasteiger partial charge in [-0.25, -0.2) is 4.98 Å². The molecule has 1 aromatic carbocycles. The van der Waals surface area contributed by atoms with Gasteiger partial charge in [0.05, 0.1) is 12.5 Å². The molecule has 1 amide bonds. The summed E-state index contributed by atoms with van der Waals surface area (Å²) in [5.41, 5.74) is 2.93. The fourth-order valence-electron chi connectivity index (χ4n) is 3.96. The minimum Gasteiger partial charge on any atom is -0.454 e. The molecular formula is C20H19N3O3. The lowest BCUT2D eigenvalue weighted by Crippen LogP contribution is -2.31. The Bertz CT molecular complexity index is 981. The second-order valence-corrected chi connectivity index (χ2v) is 6.75. The maximum atomic E-state index is 13.0. The van der Waals surface area contributed by atoms with Crippen molar-refractivity contribution in [2.45, 2.75) is 25.3 Å². The summed E-state index contributed by atoms with van der Waals surface area (Å²) in [7, 11) is 0. The van der Waals surface area contributed by atoms with Crippen molar-refractivity contribution in [1.82, 2.24) is 14.9 Å². The number of nitrogens with zero attached hydrogens (tertiary/aromatic N) is 2. The van der Waals surface area contributed by atoms with Crippen molar-refractivity contribution in [2.24, 2.45) is 0 Å². The van der Waals surface area contributed by atoms with E-state index in [9.17, 15) is 4.79 Å². The van der Waals surface area contributed by atoms with E-state index in [1.54, 1.807) is 6.20 Å². The molecule has 1 unspecified atom stereocenters. The van der Waals surface area contributed by atoms with Crippen LogP contribution in [-0.2, 0) is 11.2 Å². The average Bonchev–Trinajstić information content (AvgIpc) is 3.40. The Morgan fingerprint density at radius 3 is 3.15 bits per heavy atom. The molecule has 1 N–H and O–H groups in total. The number of ether oxygens (including phenoxy) is 2. The zero-order valence-corrected chi connectivity index (χ0v) is 14.3. The number of hydrogen-bond acceptors (Lipinski definition) is 4. The number of carbonyl (C=O) groups is 1. The summed E-state index contributed by atoms with van der Waals surface area (Å²) in [5, 5.41) is 1.01. The summed E-state index contributed by atoms with van der Waals surface area (Å²) in [6, 6.07) is 9.98. The Kier molecular flexibility index (Phi) is 3.55. The second-order valence-electron chi connectivity index (χ2n) is 6.75. The molecule has 0 radical (unpaired) electrons. The Balaban J connectivity index is 1.39. The lowest BCUT2D eigenvalue weighted by molar-refractivity contribution is -0.131. The monoisotopic (exact) mass is 349 g/mol. The van der Waals surface area contributed by atoms with Crippen molar-refractivity contribution in [3.63, 3.8) is 0 Å². The van der Waals surface area contributed by atoms with E-state index >= 15 is 0 Å². The largest absolute Gasteiger partial charge is 0.454 e. The highest BCUT2D eigenvalue weighted by Gasteiger charge is 2.31. The number of aromatic amines is 1. The van der Waals surface area contributed by atoms with Gasteiger partial charge >= 0.3 is 0 Å². The quantitative estimate of drug-likeness (QED) is 0.788. The lowest BCUT2D eigenvalue weighted by Gasteiger charge is -2.25. The van der Waals surface area contributed by atoms with Crippen LogP contribution in [0.2, 0.25) is 0 Å². The Labute approximate surface area is 150 Å². The summed E-state index contributed by atoms with van der Waals surface area (Å²) >= 11 is 0. The zero-order chi connectivity index (χ0) is 17.5. The second kappa shape index (κ2) is 6.05. The molecule has 26 heavy (non-hydrogen) atoms. The standard InChI is InChI=1S/C20H19N3O3/c24-19(10-14-11-22-20-15(14)3-1-7-21-20)23-8-2-4-16(23)13-5-6-17-18(9-13)26-12-25-17/h1,3,5-7,9,11,16H,2,4,8,10,12H2,(H,21,22). The van der Waals surface area contributed by atoms with Gasteiger partial charge in [-0.3, -0.25) is 4.79 Å². The maximum Gasteiger partial charge on any atom is 0.231 e. The average molecular weight is 349 g/mol. The summed E-state index contributed by atoms with van der Waals surface area (Å²) < 4.78 is 10.9. The number of H-pyrrole nitrogens is 1. The van der Waals surface area contributed by atoms with Crippen molar-refractivity contribution in [3.8, 4) is 11.5 Å². The van der Waals surface area contributed by atoms with Gasteiger partial charge in [-0.15, -0.1) is 0 Å². The van der Waals surface area contributed by atoms with E-state index in [0.29, 0.717) is 6.42 Å². The molecule has 0 aliphatic carbocycles. The number of rotatable bonds is 3. The van der Waals surface area contributed by atoms with E-state index in [4.69, 9.17) is 9.47 Å². The number of carbonyl (C=O) groups excluding carboxylic acids is 1. The van der Waals surface area contributed by atoms with Crippen molar-refractivity contribution in [1.29, 1.82) is 0 Å². The summed E-state index contributed by atoms with van der Waals surface area (Å²) in [6.45, 7) is 1.05. The molecule has 5 rings (SSSR count). The van der Waals surface area contributed by atoms with Crippen molar-refractivity contribution < 1.29 is 14.3 Å². The predicted molar refractivity (Wildman–Crippen MR) is 96.1 cm³/mol. The molecule has 6 heteroatoms. The van der Waals surface area contributed by atoms with Crippen LogP contribution in [0.25, 0.3) is 11.0 Å². The molecule has 4 heterocycles. The minimum absolute atomic E-state index is 0.0975. The summed E-state index contributed by atoms with van der Waals surface area (Å²) in [4.78, 5) is 22.4. The number of fused-ring (bicyclic) bond motifs is 2. The fourth-order valence-corrected chi connectivity index (χ4v) is 3.96. The molecule has 0 spiro atoms. The number of benzene rings is 1. The van der Waals surface area contributed by atoms with E-state index in [0.717, 1.165) is 53.0 Å². The summed E-state index contributed by atoms with van der Waals surface area (Å²) in [5.74, 6) is 1.69. The molecule has 2 aliphatic heterocycles. The molecule has 1 fully saturated rings. The molecule has 6 nitrogen and oxygen atoms in total. The smallest absolute Gasteiger partial charge is 0.231 e. The summed E-state index contributed by atoms with van der Waals surface area (Å²) in [6.07, 6.45) is 6.01. The molecule has 0 saturated carbocycles. The van der Waals surface area contributed by atoms with E-state index in [2.05, 4.69) is 9.97 Å². The van der Waals surface area contributed by atoms with Crippen LogP contribution in [0.5, 0.6) is 11.5 Å². The molecular weight excluding hydrogens is 330 g/mol. The molecule has 2 aromatic heterocycles. The van der Waals surface area contributed by atoms with Gasteiger partial charge in [0.15, 0.2) is 11.5 Å². The topological polar surface area (TPSA) is 67.5 Å². The van der Waals surface area contributed by atoms with Crippen LogP contribution < -0.4 is 9.47 Å². The molecule has 2 aliphatic rings. The van der Waals surface area contributed by atoms with Gasteiger partial charge in [0.25, 0.3) is 0 Å². The minimum atomic E-state index is 0.0975. The van der Waals surface area contributed by atoms with Crippen molar-refractivity contribution in [3.05, 3.63) is 53.9 Å². The normalized spacial score (nSPS) is 18.6. The number of hydrogen-bond donors (Lipinski definition) is 1. The Morgan fingerprint density at radius 2 is 2.19 bits per heavy atom. The van der Waals surface area contributed by atoms with Gasteiger partial charge in [0, 0.05) is 24.3 Å². The molecule has 0 bridgehead atoms. The highest BCUT2D eigenvalue weighted by atomic mass is 16.7. The zero-order valence-electron chi connectivity index (χ0n) is 14.3. The highest BCUT2D eigenvalue weighted by Crippen LogP contribution is 2.39. The first-order chi connectivity index (χ1) is 12.8. The number of likely N-dealkylation sites (tertiary alicyclic amines) is 1. The van der Waals surface area contributed by atoms with Crippen LogP contribution in [0, 0.1) is 0 Å². The first kappa shape index (κ1) is 15.3. The fraction of sp³-hybridized carbons (Fsp3) is 0.300. The first-order valence-electron chi connectivity index (χ1n) is 8.89. The van der Waals surface area contributed by atoms with Gasteiger partial charge in [-0.2, -0.15) is 0 Å². The van der Waals surface area contributed by atoms with E-state index in [1.165, 1.54) is 0 Å². The van der Waals surface area contributed by atoms with Crippen LogP contribution in [0.1, 0.15) is 30.0 Å². The number of nitrogens with one attached hydrogen (secondary N) is 1. The third kappa shape index (κ3) is 2.49. The predicted octanol–water partition coefficient (Wildman–Crippen LogP) is 3.20. The van der Waals surface area contributed by atoms with Gasteiger partial charge in [-0.05, 0) is 48.2 Å². The van der Waals surface area contributed by atoms with Crippen LogP contribution in [-0.4, -0.2) is 34.1 Å². The van der Waals surface area contributed by atoms with Gasteiger partial charge in [0.1, 0.15) is 5.65 Å². The van der Waals surface area contributed by atoms with E-state index < -0.39 is 0 Å². The van der Waals surface area contributed by atoms with Crippen molar-refractivity contribution >= 4 is 16.9 Å². The number of pyridine rings is 1. The SMILES string of the molecule is O=C(Cc1c[nH]c2ncccc12)N1CCCC1c1ccc2c(c1)OCO2. The molecule has 132 valence electrons. The molecule has 1 atom stereocenters. The first-order valence-corrected chi connectivity index (χ1v) is 8.89. The van der Waals surface area contributed by atoms with Gasteiger partial charge in [-0.1, -0.05) is 6.07 Å². The molecule has 1 saturated heterocycles. The highest BCUT2D eigenvalue weighted by molar-refractivity contribution is 5.87. The number of aromatic nitrogens is 2. The van der Waals surface area contributed by atoms with Crippen LogP contribution >= 0.6 is 0 Å². The Morgan fingerprint density at radius 1 is 1.27 bits per heavy atom. The van der Waals surface area contributed by atoms with Crippen LogP contribution in [0.15, 0.2) is 42.7 Å². The third-order valence-corrected chi connectivity index (χ3v) is 5.23. The Hall–Kier alpha value is -3.02. The third-order valence-electron chi connectivity index (χ3n) is 5.23. The van der Waals surface area contributed by atoms with E-state index in [1.807, 2.05) is 41.4 Å². The van der Waals surface area contributed by atoms with Gasteiger partial charge < -0.3 is 19.4 Å². The lowest BCUT2D eigenvalue weighted by atomic mass is 10.0. The van der Waals surface area contributed by atoms with Crippen LogP contribution in [0.3, 0.4) is 0 Å². The maximum absolute atomic E-state index is 13.0. The van der Waals surface area contributed by atoms with Crippen LogP contribution in [0.4, 0.5) is 0 Å². The van der Waals surface area contributed by atoms with E-state index in [-0.39, 0.29) is 18.7 Å². The van der Waals surface area contributed by atoms with Crippen molar-refractivity contribution in [2.75, 3.05) is 13.3 Å². The number of amides is 1. The van der Waals surface area contributed by atoms with Gasteiger partial charge in [0.2, 0.25) is 12.7 Å². The molecule has 3 aromatic rings.